The average Bonchev–Trinajstić information content (AvgIpc) is 2.70. The van der Waals surface area contributed by atoms with Crippen LogP contribution < -0.4 is 0 Å². The molecule has 1 aromatic carbocycles. The lowest BCUT2D eigenvalue weighted by Crippen LogP contribution is -1.95. The van der Waals surface area contributed by atoms with Gasteiger partial charge in [0.2, 0.25) is 0 Å². The van der Waals surface area contributed by atoms with Crippen molar-refractivity contribution in [1.29, 1.82) is 0 Å². The predicted octanol–water partition coefficient (Wildman–Crippen LogP) is 2.02. The summed E-state index contributed by atoms with van der Waals surface area (Å²) in [4.78, 5) is 0. The molecule has 0 aliphatic carbocycles. The Morgan fingerprint density at radius 2 is 2.29 bits per heavy atom. The number of benzene rings is 1. The van der Waals surface area contributed by atoms with Crippen molar-refractivity contribution in [2.45, 2.75) is 6.61 Å². The van der Waals surface area contributed by atoms with E-state index in [1.54, 1.807) is 23.0 Å². The minimum Gasteiger partial charge on any atom is -0.392 e. The van der Waals surface area contributed by atoms with Crippen molar-refractivity contribution in [3.8, 4) is 5.69 Å². The lowest BCUT2D eigenvalue weighted by Gasteiger charge is -2.04. The van der Waals surface area contributed by atoms with Crippen LogP contribution in [0.2, 0.25) is 5.02 Å². The third-order valence-electron chi connectivity index (χ3n) is 1.98. The van der Waals surface area contributed by atoms with Crippen molar-refractivity contribution in [3.05, 3.63) is 47.2 Å². The molecule has 1 aromatic heterocycles. The lowest BCUT2D eigenvalue weighted by molar-refractivity contribution is 0.282. The molecule has 1 N–H and O–H groups in total. The fourth-order valence-electron chi connectivity index (χ4n) is 1.23. The van der Waals surface area contributed by atoms with Crippen LogP contribution in [0.15, 0.2) is 36.7 Å². The minimum absolute atomic E-state index is 0.0434. The molecule has 0 atom stereocenters. The van der Waals surface area contributed by atoms with Gasteiger partial charge in [-0.3, -0.25) is 0 Å². The predicted molar refractivity (Wildman–Crippen MR) is 54.5 cm³/mol. The first-order valence-electron chi connectivity index (χ1n) is 4.20. The molecular weight excluding hydrogens is 200 g/mol. The molecule has 4 heteroatoms. The Labute approximate surface area is 86.6 Å². The van der Waals surface area contributed by atoms with E-state index >= 15 is 0 Å². The van der Waals surface area contributed by atoms with E-state index < -0.39 is 0 Å². The smallest absolute Gasteiger partial charge is 0.0696 e. The third-order valence-corrected chi connectivity index (χ3v) is 2.33. The van der Waals surface area contributed by atoms with Crippen LogP contribution in [-0.2, 0) is 6.61 Å². The van der Waals surface area contributed by atoms with Gasteiger partial charge in [0.05, 0.1) is 12.3 Å². The Morgan fingerprint density at radius 1 is 1.43 bits per heavy atom. The second kappa shape index (κ2) is 3.82. The van der Waals surface area contributed by atoms with Gasteiger partial charge in [0.15, 0.2) is 0 Å². The Morgan fingerprint density at radius 3 is 2.86 bits per heavy atom. The van der Waals surface area contributed by atoms with Crippen LogP contribution in [-0.4, -0.2) is 14.9 Å². The summed E-state index contributed by atoms with van der Waals surface area (Å²) in [6.45, 7) is -0.0434. The summed E-state index contributed by atoms with van der Waals surface area (Å²) in [5.41, 5.74) is 1.61. The highest BCUT2D eigenvalue weighted by Gasteiger charge is 2.01. The summed E-state index contributed by atoms with van der Waals surface area (Å²) in [6.07, 6.45) is 3.54. The zero-order chi connectivity index (χ0) is 9.97. The van der Waals surface area contributed by atoms with E-state index in [-0.39, 0.29) is 6.61 Å². The van der Waals surface area contributed by atoms with Gasteiger partial charge in [0.1, 0.15) is 0 Å². The number of aromatic nitrogens is 2. The molecule has 2 aromatic rings. The van der Waals surface area contributed by atoms with E-state index in [2.05, 4.69) is 5.10 Å². The summed E-state index contributed by atoms with van der Waals surface area (Å²) >= 11 is 5.95. The SMILES string of the molecule is OCc1ccc(-n2cccn2)cc1Cl. The van der Waals surface area contributed by atoms with Crippen LogP contribution in [0.4, 0.5) is 0 Å². The van der Waals surface area contributed by atoms with Gasteiger partial charge in [0, 0.05) is 17.4 Å². The summed E-state index contributed by atoms with van der Waals surface area (Å²) in [5, 5.41) is 13.6. The van der Waals surface area contributed by atoms with Gasteiger partial charge >= 0.3 is 0 Å². The fourth-order valence-corrected chi connectivity index (χ4v) is 1.46. The van der Waals surface area contributed by atoms with E-state index in [1.165, 1.54) is 0 Å². The first-order chi connectivity index (χ1) is 6.81. The van der Waals surface area contributed by atoms with Crippen LogP contribution in [0.5, 0.6) is 0 Å². The number of hydrogen-bond donors (Lipinski definition) is 1. The highest BCUT2D eigenvalue weighted by atomic mass is 35.5. The first kappa shape index (κ1) is 9.24. The van der Waals surface area contributed by atoms with Gasteiger partial charge in [-0.1, -0.05) is 17.7 Å². The van der Waals surface area contributed by atoms with Gasteiger partial charge in [-0.05, 0) is 23.8 Å². The first-order valence-corrected chi connectivity index (χ1v) is 4.58. The molecule has 0 saturated carbocycles. The van der Waals surface area contributed by atoms with Crippen molar-refractivity contribution in [2.75, 3.05) is 0 Å². The van der Waals surface area contributed by atoms with Crippen LogP contribution in [0.1, 0.15) is 5.56 Å². The van der Waals surface area contributed by atoms with Crippen molar-refractivity contribution >= 4 is 11.6 Å². The maximum absolute atomic E-state index is 8.93. The Kier molecular flexibility index (Phi) is 2.52. The van der Waals surface area contributed by atoms with Crippen molar-refractivity contribution in [1.82, 2.24) is 9.78 Å². The highest BCUT2D eigenvalue weighted by molar-refractivity contribution is 6.31. The van der Waals surface area contributed by atoms with Crippen LogP contribution in [0.25, 0.3) is 5.69 Å². The highest BCUT2D eigenvalue weighted by Crippen LogP contribution is 2.19. The molecule has 0 bridgehead atoms. The zero-order valence-corrected chi connectivity index (χ0v) is 8.15. The molecule has 0 aliphatic heterocycles. The van der Waals surface area contributed by atoms with Crippen molar-refractivity contribution in [3.63, 3.8) is 0 Å². The maximum atomic E-state index is 8.93. The van der Waals surface area contributed by atoms with Crippen LogP contribution >= 0.6 is 11.6 Å². The molecule has 72 valence electrons. The third kappa shape index (κ3) is 1.64. The molecule has 0 spiro atoms. The molecule has 0 radical (unpaired) electrons. The molecule has 2 rings (SSSR count). The molecule has 1 heterocycles. The number of nitrogens with zero attached hydrogens (tertiary/aromatic N) is 2. The van der Waals surface area contributed by atoms with Gasteiger partial charge in [-0.25, -0.2) is 4.68 Å². The quantitative estimate of drug-likeness (QED) is 0.820. The molecule has 0 amide bonds. The number of hydrogen-bond acceptors (Lipinski definition) is 2. The van der Waals surface area contributed by atoms with Gasteiger partial charge in [0.25, 0.3) is 0 Å². The van der Waals surface area contributed by atoms with Crippen LogP contribution in [0, 0.1) is 0 Å². The molecule has 0 saturated heterocycles. The zero-order valence-electron chi connectivity index (χ0n) is 7.39. The Bertz CT molecular complexity index is 426. The summed E-state index contributed by atoms with van der Waals surface area (Å²) < 4.78 is 1.72. The van der Waals surface area contributed by atoms with Crippen molar-refractivity contribution in [2.24, 2.45) is 0 Å². The van der Waals surface area contributed by atoms with Gasteiger partial charge < -0.3 is 5.11 Å². The van der Waals surface area contributed by atoms with E-state index in [0.717, 1.165) is 11.3 Å². The van der Waals surface area contributed by atoms with Gasteiger partial charge in [-0.15, -0.1) is 0 Å². The normalized spacial score (nSPS) is 10.4. The summed E-state index contributed by atoms with van der Waals surface area (Å²) in [5.74, 6) is 0. The molecule has 14 heavy (non-hydrogen) atoms. The maximum Gasteiger partial charge on any atom is 0.0696 e. The molecule has 0 fully saturated rings. The fraction of sp³-hybridized carbons (Fsp3) is 0.100. The number of aliphatic hydroxyl groups is 1. The number of rotatable bonds is 2. The van der Waals surface area contributed by atoms with Crippen molar-refractivity contribution < 1.29 is 5.11 Å². The van der Waals surface area contributed by atoms with Crippen LogP contribution in [0.3, 0.4) is 0 Å². The topological polar surface area (TPSA) is 38.0 Å². The molecular formula is C10H9ClN2O. The minimum atomic E-state index is -0.0434. The summed E-state index contributed by atoms with van der Waals surface area (Å²) in [7, 11) is 0. The van der Waals surface area contributed by atoms with Gasteiger partial charge in [-0.2, -0.15) is 5.10 Å². The monoisotopic (exact) mass is 208 g/mol. The van der Waals surface area contributed by atoms with E-state index in [9.17, 15) is 0 Å². The molecule has 3 nitrogen and oxygen atoms in total. The second-order valence-corrected chi connectivity index (χ2v) is 3.29. The molecule has 0 aliphatic rings. The van der Waals surface area contributed by atoms with E-state index in [1.807, 2.05) is 18.3 Å². The summed E-state index contributed by atoms with van der Waals surface area (Å²) in [6, 6.07) is 7.28. The largest absolute Gasteiger partial charge is 0.392 e. The standard InChI is InChI=1S/C10H9ClN2O/c11-10-6-9(3-2-8(10)7-14)13-5-1-4-12-13/h1-6,14H,7H2. The number of aliphatic hydroxyl groups excluding tert-OH is 1. The number of halogens is 1. The van der Waals surface area contributed by atoms with E-state index in [4.69, 9.17) is 16.7 Å². The average molecular weight is 209 g/mol. The van der Waals surface area contributed by atoms with E-state index in [0.29, 0.717) is 5.02 Å². The Hall–Kier alpha value is -1.32. The lowest BCUT2D eigenvalue weighted by atomic mass is 10.2. The molecule has 0 unspecified atom stereocenters. The Balaban J connectivity index is 2.43. The second-order valence-electron chi connectivity index (χ2n) is 2.88.